The number of fused-ring (bicyclic) bond motifs is 4. The van der Waals surface area contributed by atoms with E-state index in [1.807, 2.05) is 24.3 Å². The maximum absolute atomic E-state index is 13.1. The molecule has 3 heterocycles. The minimum atomic E-state index is -0.473. The average Bonchev–Trinajstić information content (AvgIpc) is 3.15. The van der Waals surface area contributed by atoms with Gasteiger partial charge in [-0.2, -0.15) is 0 Å². The van der Waals surface area contributed by atoms with Crippen LogP contribution in [0.4, 0.5) is 10.5 Å². The second-order valence-electron chi connectivity index (χ2n) is 6.60. The molecule has 1 aromatic heterocycles. The first-order valence-corrected chi connectivity index (χ1v) is 8.55. The Morgan fingerprint density at radius 1 is 1.08 bits per heavy atom. The number of urea groups is 1. The Hall–Kier alpha value is -3.28. The molecule has 1 N–H and O–H groups in total. The van der Waals surface area contributed by atoms with Gasteiger partial charge in [0.25, 0.3) is 5.91 Å². The second kappa shape index (κ2) is 5.36. The van der Waals surface area contributed by atoms with Gasteiger partial charge in [-0.3, -0.25) is 4.79 Å². The topological polar surface area (TPSA) is 65.6 Å². The van der Waals surface area contributed by atoms with Crippen LogP contribution in [0, 0.1) is 0 Å². The first kappa shape index (κ1) is 15.0. The number of nitrogens with zero attached hydrogens (tertiary/aromatic N) is 2. The van der Waals surface area contributed by atoms with Crippen molar-refractivity contribution in [2.45, 2.75) is 19.0 Å². The van der Waals surface area contributed by atoms with Gasteiger partial charge in [0.15, 0.2) is 0 Å². The number of nitrogens with one attached hydrogen (secondary N) is 1. The van der Waals surface area contributed by atoms with Crippen LogP contribution in [-0.2, 0) is 17.8 Å². The van der Waals surface area contributed by atoms with Crippen LogP contribution in [0.15, 0.2) is 48.5 Å². The third kappa shape index (κ3) is 1.92. The molecule has 0 spiro atoms. The highest BCUT2D eigenvalue weighted by Crippen LogP contribution is 2.38. The number of rotatable bonds is 2. The maximum Gasteiger partial charge on any atom is 0.332 e. The van der Waals surface area contributed by atoms with Crippen LogP contribution in [0.5, 0.6) is 5.75 Å². The lowest BCUT2D eigenvalue weighted by molar-refractivity contribution is -0.120. The van der Waals surface area contributed by atoms with Gasteiger partial charge in [0.1, 0.15) is 11.8 Å². The van der Waals surface area contributed by atoms with E-state index in [4.69, 9.17) is 4.74 Å². The summed E-state index contributed by atoms with van der Waals surface area (Å²) in [5.74, 6) is 0.313. The zero-order valence-electron chi connectivity index (χ0n) is 14.2. The van der Waals surface area contributed by atoms with Crippen LogP contribution in [0.3, 0.4) is 0 Å². The van der Waals surface area contributed by atoms with Crippen molar-refractivity contribution in [3.63, 3.8) is 0 Å². The second-order valence-corrected chi connectivity index (χ2v) is 6.60. The number of amides is 3. The lowest BCUT2D eigenvalue weighted by atomic mass is 9.97. The van der Waals surface area contributed by atoms with Crippen LogP contribution in [0.1, 0.15) is 11.3 Å². The predicted molar refractivity (Wildman–Crippen MR) is 97.2 cm³/mol. The van der Waals surface area contributed by atoms with E-state index in [9.17, 15) is 9.59 Å². The summed E-state index contributed by atoms with van der Waals surface area (Å²) in [5, 5.41) is 1.12. The predicted octanol–water partition coefficient (Wildman–Crippen LogP) is 3.07. The molecule has 1 fully saturated rings. The van der Waals surface area contributed by atoms with E-state index in [2.05, 4.69) is 11.1 Å². The summed E-state index contributed by atoms with van der Waals surface area (Å²) in [4.78, 5) is 32.4. The standard InChI is InChI=1S/C20H17N3O3/c1-26-18-9-5-4-8-16(18)23-19(24)17-10-13-12-6-2-3-7-14(12)21-15(13)11-22(17)20(23)25/h2-9,17,21H,10-11H2,1H3. The molecule has 26 heavy (non-hydrogen) atoms. The summed E-state index contributed by atoms with van der Waals surface area (Å²) in [6, 6.07) is 14.4. The zero-order valence-corrected chi connectivity index (χ0v) is 14.2. The summed E-state index contributed by atoms with van der Waals surface area (Å²) < 4.78 is 5.34. The number of H-pyrrole nitrogens is 1. The quantitative estimate of drug-likeness (QED) is 0.725. The fourth-order valence-corrected chi connectivity index (χ4v) is 4.04. The summed E-state index contributed by atoms with van der Waals surface area (Å²) in [6.07, 6.45) is 0.523. The van der Waals surface area contributed by atoms with Gasteiger partial charge in [-0.25, -0.2) is 9.69 Å². The van der Waals surface area contributed by atoms with Gasteiger partial charge < -0.3 is 14.6 Å². The summed E-state index contributed by atoms with van der Waals surface area (Å²) in [6.45, 7) is 0.408. The molecule has 0 bridgehead atoms. The van der Waals surface area contributed by atoms with Crippen LogP contribution in [0.25, 0.3) is 10.9 Å². The van der Waals surface area contributed by atoms with E-state index >= 15 is 0 Å². The molecular weight excluding hydrogens is 330 g/mol. The molecule has 0 saturated carbocycles. The Kier molecular flexibility index (Phi) is 3.09. The molecule has 0 aliphatic carbocycles. The minimum Gasteiger partial charge on any atom is -0.495 e. The van der Waals surface area contributed by atoms with Crippen LogP contribution in [0.2, 0.25) is 0 Å². The van der Waals surface area contributed by atoms with Crippen molar-refractivity contribution in [2.75, 3.05) is 12.0 Å². The fraction of sp³-hybridized carbons (Fsp3) is 0.200. The van der Waals surface area contributed by atoms with E-state index < -0.39 is 6.04 Å². The Labute approximate surface area is 150 Å². The molecule has 5 rings (SSSR count). The third-order valence-electron chi connectivity index (χ3n) is 5.27. The van der Waals surface area contributed by atoms with E-state index in [0.717, 1.165) is 22.2 Å². The number of anilines is 1. The molecule has 2 aliphatic heterocycles. The molecule has 1 atom stereocenters. The van der Waals surface area contributed by atoms with Gasteiger partial charge in [0, 0.05) is 23.0 Å². The van der Waals surface area contributed by atoms with Gasteiger partial charge in [0.05, 0.1) is 19.3 Å². The summed E-state index contributed by atoms with van der Waals surface area (Å²) in [7, 11) is 1.54. The van der Waals surface area contributed by atoms with Crippen molar-refractivity contribution in [1.82, 2.24) is 9.88 Å². The molecule has 1 unspecified atom stereocenters. The van der Waals surface area contributed by atoms with Gasteiger partial charge in [0.2, 0.25) is 0 Å². The number of aromatic amines is 1. The molecule has 6 heteroatoms. The summed E-state index contributed by atoms with van der Waals surface area (Å²) >= 11 is 0. The van der Waals surface area contributed by atoms with E-state index in [0.29, 0.717) is 24.4 Å². The highest BCUT2D eigenvalue weighted by molar-refractivity contribution is 6.22. The number of ether oxygens (including phenoxy) is 1. The van der Waals surface area contributed by atoms with Crippen molar-refractivity contribution in [3.05, 3.63) is 59.8 Å². The highest BCUT2D eigenvalue weighted by atomic mass is 16.5. The number of methoxy groups -OCH3 is 1. The van der Waals surface area contributed by atoms with Crippen molar-refractivity contribution in [3.8, 4) is 5.75 Å². The first-order chi connectivity index (χ1) is 12.7. The molecule has 2 aromatic carbocycles. The Balaban J connectivity index is 1.57. The Morgan fingerprint density at radius 2 is 1.85 bits per heavy atom. The monoisotopic (exact) mass is 347 g/mol. The lowest BCUT2D eigenvalue weighted by Crippen LogP contribution is -2.39. The SMILES string of the molecule is COc1ccccc1N1C(=O)C2Cc3c([nH]c4ccccc34)CN2C1=O. The van der Waals surface area contributed by atoms with Crippen LogP contribution in [-0.4, -0.2) is 35.0 Å². The molecule has 3 aromatic rings. The van der Waals surface area contributed by atoms with Gasteiger partial charge in [-0.05, 0) is 23.8 Å². The molecular formula is C20H17N3O3. The molecule has 6 nitrogen and oxygen atoms in total. The van der Waals surface area contributed by atoms with Gasteiger partial charge >= 0.3 is 6.03 Å². The van der Waals surface area contributed by atoms with E-state index in [-0.39, 0.29) is 11.9 Å². The van der Waals surface area contributed by atoms with Crippen molar-refractivity contribution in [1.29, 1.82) is 0 Å². The first-order valence-electron chi connectivity index (χ1n) is 8.55. The molecule has 0 radical (unpaired) electrons. The number of imide groups is 1. The number of aromatic nitrogens is 1. The molecule has 1 saturated heterocycles. The number of para-hydroxylation sites is 3. The van der Waals surface area contributed by atoms with Crippen LogP contribution < -0.4 is 9.64 Å². The number of hydrogen-bond acceptors (Lipinski definition) is 3. The summed E-state index contributed by atoms with van der Waals surface area (Å²) in [5.41, 5.74) is 3.67. The van der Waals surface area contributed by atoms with Gasteiger partial charge in [-0.15, -0.1) is 0 Å². The van der Waals surface area contributed by atoms with Crippen LogP contribution >= 0.6 is 0 Å². The number of hydrogen-bond donors (Lipinski definition) is 1. The number of carbonyl (C=O) groups excluding carboxylic acids is 2. The molecule has 3 amide bonds. The maximum atomic E-state index is 13.1. The van der Waals surface area contributed by atoms with E-state index in [1.165, 1.54) is 12.0 Å². The molecule has 2 aliphatic rings. The number of benzene rings is 2. The number of carbonyl (C=O) groups is 2. The third-order valence-corrected chi connectivity index (χ3v) is 5.27. The van der Waals surface area contributed by atoms with Gasteiger partial charge in [-0.1, -0.05) is 30.3 Å². The lowest BCUT2D eigenvalue weighted by Gasteiger charge is -2.26. The van der Waals surface area contributed by atoms with Crippen molar-refractivity contribution >= 4 is 28.5 Å². The Bertz CT molecular complexity index is 1060. The highest BCUT2D eigenvalue weighted by Gasteiger charge is 2.49. The Morgan fingerprint density at radius 3 is 2.69 bits per heavy atom. The van der Waals surface area contributed by atoms with E-state index in [1.54, 1.807) is 23.1 Å². The smallest absolute Gasteiger partial charge is 0.332 e. The zero-order chi connectivity index (χ0) is 17.8. The largest absolute Gasteiger partial charge is 0.495 e. The average molecular weight is 347 g/mol. The molecule has 130 valence electrons. The fourth-order valence-electron chi connectivity index (χ4n) is 4.04. The normalized spacial score (nSPS) is 19.0. The van der Waals surface area contributed by atoms with Crippen molar-refractivity contribution < 1.29 is 14.3 Å². The van der Waals surface area contributed by atoms with Crippen molar-refractivity contribution in [2.24, 2.45) is 0 Å². The minimum absolute atomic E-state index is 0.199.